The summed E-state index contributed by atoms with van der Waals surface area (Å²) in [5.74, 6) is 1.04. The summed E-state index contributed by atoms with van der Waals surface area (Å²) in [5, 5.41) is 2.77. The van der Waals surface area contributed by atoms with Crippen LogP contribution in [0.5, 0.6) is 0 Å². The fraction of sp³-hybridized carbons (Fsp3) is 0.357. The number of hydrogen-bond acceptors (Lipinski definition) is 5. The summed E-state index contributed by atoms with van der Waals surface area (Å²) in [7, 11) is 0. The molecule has 2 aromatic carbocycles. The molecule has 184 valence electrons. The predicted octanol–water partition coefficient (Wildman–Crippen LogP) is 4.24. The topological polar surface area (TPSA) is 69.0 Å². The minimum absolute atomic E-state index is 0.0202. The second kappa shape index (κ2) is 11.8. The first-order chi connectivity index (χ1) is 17.1. The molecule has 3 aromatic rings. The van der Waals surface area contributed by atoms with Crippen molar-refractivity contribution in [2.75, 3.05) is 44.6 Å². The highest BCUT2D eigenvalue weighted by molar-refractivity contribution is 5.94. The van der Waals surface area contributed by atoms with E-state index in [1.54, 1.807) is 6.26 Å². The molecule has 1 fully saturated rings. The Kier molecular flexibility index (Phi) is 8.34. The SMILES string of the molecule is CCN(CC)C(=O)c1ccc([C@H](c2cccc(NC=O)c2)N2CCN(Cc3ccco3)CC2)cc1. The van der Waals surface area contributed by atoms with Crippen molar-refractivity contribution in [3.8, 4) is 0 Å². The number of carbonyl (C=O) groups is 2. The van der Waals surface area contributed by atoms with Gasteiger partial charge in [-0.25, -0.2) is 0 Å². The Bertz CT molecular complexity index is 1090. The van der Waals surface area contributed by atoms with Gasteiger partial charge in [0.25, 0.3) is 5.91 Å². The molecular formula is C28H34N4O3. The first kappa shape index (κ1) is 24.7. The van der Waals surface area contributed by atoms with Gasteiger partial charge in [0.2, 0.25) is 6.41 Å². The summed E-state index contributed by atoms with van der Waals surface area (Å²) >= 11 is 0. The summed E-state index contributed by atoms with van der Waals surface area (Å²) < 4.78 is 5.53. The van der Waals surface area contributed by atoms with Gasteiger partial charge in [-0.15, -0.1) is 0 Å². The van der Waals surface area contributed by atoms with Crippen LogP contribution in [0.4, 0.5) is 5.69 Å². The molecule has 1 aliphatic heterocycles. The largest absolute Gasteiger partial charge is 0.468 e. The molecule has 1 atom stereocenters. The lowest BCUT2D eigenvalue weighted by Crippen LogP contribution is -2.47. The van der Waals surface area contributed by atoms with E-state index in [0.29, 0.717) is 25.1 Å². The average molecular weight is 475 g/mol. The van der Waals surface area contributed by atoms with Gasteiger partial charge in [-0.3, -0.25) is 19.4 Å². The van der Waals surface area contributed by atoms with Crippen molar-refractivity contribution in [2.24, 2.45) is 0 Å². The smallest absolute Gasteiger partial charge is 0.253 e. The standard InChI is InChI=1S/C28H34N4O3/c1-3-31(4-2)28(34)23-12-10-22(11-13-23)27(24-7-5-8-25(19-24)29-21-33)32-16-14-30(15-17-32)20-26-9-6-18-35-26/h5-13,18-19,21,27H,3-4,14-17,20H2,1-2H3,(H,29,33)/t27-/m1/s1. The number of benzene rings is 2. The third-order valence-electron chi connectivity index (χ3n) is 6.68. The van der Waals surface area contributed by atoms with Gasteiger partial charge in [-0.2, -0.15) is 0 Å². The molecule has 0 aliphatic carbocycles. The lowest BCUT2D eigenvalue weighted by molar-refractivity contribution is -0.105. The Morgan fingerprint density at radius 1 is 1.00 bits per heavy atom. The van der Waals surface area contributed by atoms with Crippen molar-refractivity contribution in [1.82, 2.24) is 14.7 Å². The van der Waals surface area contributed by atoms with Gasteiger partial charge in [-0.05, 0) is 61.4 Å². The van der Waals surface area contributed by atoms with Crippen LogP contribution in [0.2, 0.25) is 0 Å². The maximum absolute atomic E-state index is 12.8. The average Bonchev–Trinajstić information content (AvgIpc) is 3.40. The summed E-state index contributed by atoms with van der Waals surface area (Å²) in [4.78, 5) is 30.5. The van der Waals surface area contributed by atoms with Crippen molar-refractivity contribution in [1.29, 1.82) is 0 Å². The Balaban J connectivity index is 1.57. The van der Waals surface area contributed by atoms with E-state index < -0.39 is 0 Å². The zero-order valence-corrected chi connectivity index (χ0v) is 20.5. The highest BCUT2D eigenvalue weighted by atomic mass is 16.3. The van der Waals surface area contributed by atoms with Crippen LogP contribution in [0.3, 0.4) is 0 Å². The van der Waals surface area contributed by atoms with Crippen LogP contribution >= 0.6 is 0 Å². The van der Waals surface area contributed by atoms with Gasteiger partial charge in [0.1, 0.15) is 5.76 Å². The van der Waals surface area contributed by atoms with Gasteiger partial charge >= 0.3 is 0 Å². The number of furan rings is 1. The normalized spacial score (nSPS) is 15.5. The molecule has 0 bridgehead atoms. The second-order valence-corrected chi connectivity index (χ2v) is 8.78. The van der Waals surface area contributed by atoms with Crippen molar-refractivity contribution in [3.05, 3.63) is 89.4 Å². The third kappa shape index (κ3) is 5.99. The highest BCUT2D eigenvalue weighted by Gasteiger charge is 2.27. The van der Waals surface area contributed by atoms with Crippen LogP contribution in [0.15, 0.2) is 71.3 Å². The summed E-state index contributed by atoms with van der Waals surface area (Å²) in [5.41, 5.74) is 3.71. The minimum Gasteiger partial charge on any atom is -0.468 e. The van der Waals surface area contributed by atoms with Crippen LogP contribution < -0.4 is 5.32 Å². The molecule has 2 amide bonds. The molecule has 1 N–H and O–H groups in total. The number of nitrogens with zero attached hydrogens (tertiary/aromatic N) is 3. The predicted molar refractivity (Wildman–Crippen MR) is 137 cm³/mol. The molecule has 1 aromatic heterocycles. The lowest BCUT2D eigenvalue weighted by Gasteiger charge is -2.39. The van der Waals surface area contributed by atoms with Gasteiger partial charge in [0.05, 0.1) is 18.8 Å². The van der Waals surface area contributed by atoms with E-state index in [2.05, 4.69) is 33.3 Å². The van der Waals surface area contributed by atoms with Gasteiger partial charge in [0, 0.05) is 50.5 Å². The first-order valence-electron chi connectivity index (χ1n) is 12.3. The van der Waals surface area contributed by atoms with Crippen molar-refractivity contribution < 1.29 is 14.0 Å². The molecule has 35 heavy (non-hydrogen) atoms. The third-order valence-corrected chi connectivity index (χ3v) is 6.68. The number of rotatable bonds is 10. The monoisotopic (exact) mass is 474 g/mol. The Hall–Kier alpha value is -3.42. The zero-order valence-electron chi connectivity index (χ0n) is 20.5. The van der Waals surface area contributed by atoms with Gasteiger partial charge < -0.3 is 14.6 Å². The molecule has 0 radical (unpaired) electrons. The fourth-order valence-corrected chi connectivity index (χ4v) is 4.78. The van der Waals surface area contributed by atoms with Crippen LogP contribution in [0, 0.1) is 0 Å². The van der Waals surface area contributed by atoms with E-state index >= 15 is 0 Å². The molecule has 7 nitrogen and oxygen atoms in total. The summed E-state index contributed by atoms with van der Waals surface area (Å²) in [6.07, 6.45) is 2.42. The first-order valence-corrected chi connectivity index (χ1v) is 12.3. The summed E-state index contributed by atoms with van der Waals surface area (Å²) in [6, 6.07) is 20.0. The number of carbonyl (C=O) groups excluding carboxylic acids is 2. The molecule has 0 saturated carbocycles. The Labute approximate surface area is 207 Å². The van der Waals surface area contributed by atoms with Crippen LogP contribution in [0.1, 0.15) is 47.1 Å². The molecule has 0 unspecified atom stereocenters. The van der Waals surface area contributed by atoms with E-state index in [-0.39, 0.29) is 11.9 Å². The lowest BCUT2D eigenvalue weighted by atomic mass is 9.95. The van der Waals surface area contributed by atoms with Crippen molar-refractivity contribution in [2.45, 2.75) is 26.4 Å². The van der Waals surface area contributed by atoms with Crippen molar-refractivity contribution >= 4 is 18.0 Å². The number of anilines is 1. The van der Waals surface area contributed by atoms with E-state index in [4.69, 9.17) is 4.42 Å². The zero-order chi connectivity index (χ0) is 24.6. The molecule has 1 saturated heterocycles. The minimum atomic E-state index is 0.0202. The van der Waals surface area contributed by atoms with Gasteiger partial charge in [0.15, 0.2) is 0 Å². The van der Waals surface area contributed by atoms with E-state index in [1.165, 1.54) is 0 Å². The number of nitrogens with one attached hydrogen (secondary N) is 1. The quantitative estimate of drug-likeness (QED) is 0.445. The Morgan fingerprint density at radius 3 is 2.37 bits per heavy atom. The van der Waals surface area contributed by atoms with Crippen LogP contribution in [0.25, 0.3) is 0 Å². The molecule has 0 spiro atoms. The maximum Gasteiger partial charge on any atom is 0.253 e. The molecule has 2 heterocycles. The number of amides is 2. The van der Waals surface area contributed by atoms with Crippen LogP contribution in [-0.2, 0) is 11.3 Å². The van der Waals surface area contributed by atoms with E-state index in [0.717, 1.165) is 55.3 Å². The second-order valence-electron chi connectivity index (χ2n) is 8.78. The van der Waals surface area contributed by atoms with Crippen LogP contribution in [-0.4, -0.2) is 66.3 Å². The van der Waals surface area contributed by atoms with E-state index in [1.807, 2.05) is 61.2 Å². The Morgan fingerprint density at radius 2 is 1.74 bits per heavy atom. The molecule has 7 heteroatoms. The molecule has 4 rings (SSSR count). The summed E-state index contributed by atoms with van der Waals surface area (Å²) in [6.45, 7) is 9.86. The number of hydrogen-bond donors (Lipinski definition) is 1. The number of piperazine rings is 1. The van der Waals surface area contributed by atoms with Crippen molar-refractivity contribution in [3.63, 3.8) is 0 Å². The van der Waals surface area contributed by atoms with Gasteiger partial charge in [-0.1, -0.05) is 24.3 Å². The molecular weight excluding hydrogens is 440 g/mol. The fourth-order valence-electron chi connectivity index (χ4n) is 4.78. The van der Waals surface area contributed by atoms with E-state index in [9.17, 15) is 9.59 Å². The highest BCUT2D eigenvalue weighted by Crippen LogP contribution is 2.31. The maximum atomic E-state index is 12.8. The molecule has 1 aliphatic rings.